The predicted octanol–water partition coefficient (Wildman–Crippen LogP) is 5.47. The van der Waals surface area contributed by atoms with Gasteiger partial charge in [0.1, 0.15) is 0 Å². The number of methoxy groups -OCH3 is 1. The van der Waals surface area contributed by atoms with Gasteiger partial charge in [0, 0.05) is 0 Å². The Hall–Kier alpha value is -1.31. The van der Waals surface area contributed by atoms with E-state index in [0.29, 0.717) is 0 Å². The second kappa shape index (κ2) is 11.4. The fourth-order valence-corrected chi connectivity index (χ4v) is 2.73. The Labute approximate surface area is 129 Å². The van der Waals surface area contributed by atoms with Crippen LogP contribution in [-0.4, -0.2) is 13.1 Å². The SMILES string of the molecule is CCCCCCCCCCC(C(=O)OC)c1ccccc1. The van der Waals surface area contributed by atoms with Crippen molar-refractivity contribution in [1.29, 1.82) is 0 Å². The number of rotatable bonds is 11. The van der Waals surface area contributed by atoms with E-state index in [4.69, 9.17) is 4.74 Å². The molecule has 0 saturated heterocycles. The maximum absolute atomic E-state index is 11.9. The summed E-state index contributed by atoms with van der Waals surface area (Å²) in [4.78, 5) is 11.9. The third-order valence-electron chi connectivity index (χ3n) is 4.03. The number of ether oxygens (including phenoxy) is 1. The number of esters is 1. The van der Waals surface area contributed by atoms with Crippen molar-refractivity contribution in [2.45, 2.75) is 70.6 Å². The van der Waals surface area contributed by atoms with Crippen LogP contribution in [0.3, 0.4) is 0 Å². The molecule has 0 spiro atoms. The lowest BCUT2D eigenvalue weighted by Crippen LogP contribution is -2.14. The van der Waals surface area contributed by atoms with Crippen LogP contribution in [0.15, 0.2) is 30.3 Å². The van der Waals surface area contributed by atoms with Gasteiger partial charge in [-0.2, -0.15) is 0 Å². The van der Waals surface area contributed by atoms with Gasteiger partial charge in [-0.3, -0.25) is 4.79 Å². The van der Waals surface area contributed by atoms with E-state index in [2.05, 4.69) is 6.92 Å². The zero-order chi connectivity index (χ0) is 15.3. The first-order valence-electron chi connectivity index (χ1n) is 8.42. The lowest BCUT2D eigenvalue weighted by molar-refractivity contribution is -0.142. The van der Waals surface area contributed by atoms with E-state index in [0.717, 1.165) is 18.4 Å². The molecule has 0 radical (unpaired) electrons. The summed E-state index contributed by atoms with van der Waals surface area (Å²) < 4.78 is 4.95. The Morgan fingerprint density at radius 1 is 0.952 bits per heavy atom. The molecule has 2 heteroatoms. The molecule has 1 unspecified atom stereocenters. The Morgan fingerprint density at radius 2 is 1.52 bits per heavy atom. The van der Waals surface area contributed by atoms with E-state index >= 15 is 0 Å². The Morgan fingerprint density at radius 3 is 2.10 bits per heavy atom. The monoisotopic (exact) mass is 290 g/mol. The molecule has 1 aromatic carbocycles. The van der Waals surface area contributed by atoms with Crippen LogP contribution >= 0.6 is 0 Å². The van der Waals surface area contributed by atoms with E-state index in [1.54, 1.807) is 0 Å². The van der Waals surface area contributed by atoms with Crippen molar-refractivity contribution in [2.75, 3.05) is 7.11 Å². The van der Waals surface area contributed by atoms with Crippen LogP contribution in [0.1, 0.15) is 76.2 Å². The van der Waals surface area contributed by atoms with Crippen LogP contribution in [-0.2, 0) is 9.53 Å². The maximum atomic E-state index is 11.9. The minimum absolute atomic E-state index is 0.101. The zero-order valence-electron chi connectivity index (χ0n) is 13.6. The summed E-state index contributed by atoms with van der Waals surface area (Å²) in [5.41, 5.74) is 1.08. The van der Waals surface area contributed by atoms with E-state index < -0.39 is 0 Å². The largest absolute Gasteiger partial charge is 0.469 e. The van der Waals surface area contributed by atoms with E-state index in [-0.39, 0.29) is 11.9 Å². The Bertz CT molecular complexity index is 372. The molecule has 0 amide bonds. The fraction of sp³-hybridized carbons (Fsp3) is 0.632. The molecule has 0 saturated carbocycles. The average Bonchev–Trinajstić information content (AvgIpc) is 2.53. The minimum atomic E-state index is -0.107. The van der Waals surface area contributed by atoms with Gasteiger partial charge < -0.3 is 4.74 Å². The normalized spacial score (nSPS) is 12.1. The summed E-state index contributed by atoms with van der Waals surface area (Å²) in [6.07, 6.45) is 11.2. The van der Waals surface area contributed by atoms with Crippen LogP contribution < -0.4 is 0 Å². The van der Waals surface area contributed by atoms with Crippen LogP contribution in [0.5, 0.6) is 0 Å². The van der Waals surface area contributed by atoms with Gasteiger partial charge in [-0.25, -0.2) is 0 Å². The molecule has 0 aliphatic heterocycles. The van der Waals surface area contributed by atoms with Gasteiger partial charge in [0.05, 0.1) is 13.0 Å². The number of unbranched alkanes of at least 4 members (excludes halogenated alkanes) is 7. The summed E-state index contributed by atoms with van der Waals surface area (Å²) in [6.45, 7) is 2.25. The molecule has 118 valence electrons. The predicted molar refractivity (Wildman–Crippen MR) is 88.4 cm³/mol. The standard InChI is InChI=1S/C19H30O2/c1-3-4-5-6-7-8-9-13-16-18(19(20)21-2)17-14-11-10-12-15-17/h10-12,14-15,18H,3-9,13,16H2,1-2H3. The topological polar surface area (TPSA) is 26.3 Å². The van der Waals surface area contributed by atoms with Crippen molar-refractivity contribution in [2.24, 2.45) is 0 Å². The summed E-state index contributed by atoms with van der Waals surface area (Å²) in [7, 11) is 1.48. The molecule has 1 rings (SSSR count). The van der Waals surface area contributed by atoms with Crippen molar-refractivity contribution < 1.29 is 9.53 Å². The van der Waals surface area contributed by atoms with Crippen LogP contribution in [0.25, 0.3) is 0 Å². The lowest BCUT2D eigenvalue weighted by atomic mass is 9.93. The molecular weight excluding hydrogens is 260 g/mol. The van der Waals surface area contributed by atoms with Gasteiger partial charge in [0.15, 0.2) is 0 Å². The highest BCUT2D eigenvalue weighted by molar-refractivity contribution is 5.77. The van der Waals surface area contributed by atoms with E-state index in [1.807, 2.05) is 30.3 Å². The molecule has 1 atom stereocenters. The minimum Gasteiger partial charge on any atom is -0.469 e. The number of hydrogen-bond acceptors (Lipinski definition) is 2. The van der Waals surface area contributed by atoms with Crippen molar-refractivity contribution in [3.05, 3.63) is 35.9 Å². The van der Waals surface area contributed by atoms with Crippen LogP contribution in [0.2, 0.25) is 0 Å². The highest BCUT2D eigenvalue weighted by atomic mass is 16.5. The van der Waals surface area contributed by atoms with E-state index in [1.165, 1.54) is 52.1 Å². The van der Waals surface area contributed by atoms with Crippen LogP contribution in [0, 0.1) is 0 Å². The summed E-state index contributed by atoms with van der Waals surface area (Å²) in [6, 6.07) is 9.99. The van der Waals surface area contributed by atoms with Gasteiger partial charge in [-0.1, -0.05) is 88.6 Å². The van der Waals surface area contributed by atoms with Gasteiger partial charge in [0.2, 0.25) is 0 Å². The number of hydrogen-bond donors (Lipinski definition) is 0. The zero-order valence-corrected chi connectivity index (χ0v) is 13.6. The number of carbonyl (C=O) groups is 1. The quantitative estimate of drug-likeness (QED) is 0.399. The van der Waals surface area contributed by atoms with Crippen molar-refractivity contribution in [3.8, 4) is 0 Å². The molecule has 0 aliphatic carbocycles. The first-order valence-corrected chi connectivity index (χ1v) is 8.42. The Balaban J connectivity index is 2.27. The third kappa shape index (κ3) is 7.31. The van der Waals surface area contributed by atoms with Gasteiger partial charge >= 0.3 is 5.97 Å². The average molecular weight is 290 g/mol. The number of benzene rings is 1. The first-order chi connectivity index (χ1) is 10.3. The highest BCUT2D eigenvalue weighted by Crippen LogP contribution is 2.24. The lowest BCUT2D eigenvalue weighted by Gasteiger charge is -2.14. The molecule has 0 N–H and O–H groups in total. The smallest absolute Gasteiger partial charge is 0.313 e. The second-order valence-electron chi connectivity index (χ2n) is 5.75. The first kappa shape index (κ1) is 17.7. The van der Waals surface area contributed by atoms with Crippen LogP contribution in [0.4, 0.5) is 0 Å². The van der Waals surface area contributed by atoms with E-state index in [9.17, 15) is 4.79 Å². The summed E-state index contributed by atoms with van der Waals surface area (Å²) in [5.74, 6) is -0.208. The maximum Gasteiger partial charge on any atom is 0.313 e. The molecule has 2 nitrogen and oxygen atoms in total. The van der Waals surface area contributed by atoms with Crippen molar-refractivity contribution in [3.63, 3.8) is 0 Å². The molecule has 21 heavy (non-hydrogen) atoms. The molecule has 1 aromatic rings. The molecular formula is C19H30O2. The van der Waals surface area contributed by atoms with Gasteiger partial charge in [-0.15, -0.1) is 0 Å². The molecule has 0 heterocycles. The fourth-order valence-electron chi connectivity index (χ4n) is 2.73. The Kier molecular flexibility index (Phi) is 9.60. The van der Waals surface area contributed by atoms with Gasteiger partial charge in [-0.05, 0) is 12.0 Å². The molecule has 0 bridgehead atoms. The van der Waals surface area contributed by atoms with Gasteiger partial charge in [0.25, 0.3) is 0 Å². The number of carbonyl (C=O) groups excluding carboxylic acids is 1. The summed E-state index contributed by atoms with van der Waals surface area (Å²) in [5, 5.41) is 0. The molecule has 0 aromatic heterocycles. The highest BCUT2D eigenvalue weighted by Gasteiger charge is 2.20. The second-order valence-corrected chi connectivity index (χ2v) is 5.75. The van der Waals surface area contributed by atoms with Crippen molar-refractivity contribution in [1.82, 2.24) is 0 Å². The molecule has 0 aliphatic rings. The summed E-state index contributed by atoms with van der Waals surface area (Å²) >= 11 is 0. The van der Waals surface area contributed by atoms with Crippen molar-refractivity contribution >= 4 is 5.97 Å². The third-order valence-corrected chi connectivity index (χ3v) is 4.03. The molecule has 0 fully saturated rings.